The predicted molar refractivity (Wildman–Crippen MR) is 68.1 cm³/mol. The zero-order valence-electron chi connectivity index (χ0n) is 10.1. The van der Waals surface area contributed by atoms with E-state index in [1.54, 1.807) is 18.2 Å². The number of oxime groups is 1. The van der Waals surface area contributed by atoms with Crippen LogP contribution in [0, 0.1) is 6.92 Å². The molecular weight excluding hydrogens is 248 g/mol. The Kier molecular flexibility index (Phi) is 3.46. The maximum Gasteiger partial charge on any atom is 0.277 e. The van der Waals surface area contributed by atoms with Crippen molar-refractivity contribution >= 4 is 17.4 Å². The highest BCUT2D eigenvalue weighted by Gasteiger charge is 2.11. The molecule has 1 heterocycles. The zero-order valence-corrected chi connectivity index (χ0v) is 10.1. The Bertz CT molecular complexity index is 620. The Morgan fingerprint density at radius 3 is 2.89 bits per heavy atom. The summed E-state index contributed by atoms with van der Waals surface area (Å²) in [6.45, 7) is 1.83. The van der Waals surface area contributed by atoms with E-state index in [2.05, 4.69) is 20.2 Å². The van der Waals surface area contributed by atoms with Crippen molar-refractivity contribution in [1.82, 2.24) is 5.16 Å². The predicted octanol–water partition coefficient (Wildman–Crippen LogP) is 1.33. The molecule has 4 N–H and O–H groups in total. The fourth-order valence-electron chi connectivity index (χ4n) is 1.49. The van der Waals surface area contributed by atoms with Gasteiger partial charge in [0, 0.05) is 17.3 Å². The van der Waals surface area contributed by atoms with E-state index in [9.17, 15) is 4.79 Å². The highest BCUT2D eigenvalue weighted by atomic mass is 16.5. The average Bonchev–Trinajstić information content (AvgIpc) is 2.94. The van der Waals surface area contributed by atoms with E-state index in [-0.39, 0.29) is 11.5 Å². The number of anilines is 1. The second-order valence-corrected chi connectivity index (χ2v) is 3.85. The van der Waals surface area contributed by atoms with Gasteiger partial charge in [-0.2, -0.15) is 0 Å². The van der Waals surface area contributed by atoms with Crippen LogP contribution in [0.15, 0.2) is 40.2 Å². The SMILES string of the molecule is Cc1ccc(C(N)=NO)cc1NC(=O)c1ccon1. The Balaban J connectivity index is 2.27. The molecule has 0 unspecified atom stereocenters. The van der Waals surface area contributed by atoms with Crippen LogP contribution in [0.25, 0.3) is 0 Å². The molecule has 0 fully saturated rings. The number of amidine groups is 1. The normalized spacial score (nSPS) is 11.3. The number of carbonyl (C=O) groups is 1. The maximum absolute atomic E-state index is 11.8. The number of nitrogens with one attached hydrogen (secondary N) is 1. The van der Waals surface area contributed by atoms with Crippen LogP contribution in [-0.2, 0) is 0 Å². The van der Waals surface area contributed by atoms with Crippen LogP contribution in [-0.4, -0.2) is 22.1 Å². The van der Waals surface area contributed by atoms with E-state index in [0.29, 0.717) is 11.3 Å². The number of nitrogens with two attached hydrogens (primary N) is 1. The van der Waals surface area contributed by atoms with Crippen LogP contribution >= 0.6 is 0 Å². The fraction of sp³-hybridized carbons (Fsp3) is 0.0833. The van der Waals surface area contributed by atoms with Crippen molar-refractivity contribution in [1.29, 1.82) is 0 Å². The molecule has 0 bridgehead atoms. The van der Waals surface area contributed by atoms with Crippen molar-refractivity contribution in [3.63, 3.8) is 0 Å². The molecule has 0 radical (unpaired) electrons. The first-order valence-electron chi connectivity index (χ1n) is 5.42. The van der Waals surface area contributed by atoms with Gasteiger partial charge in [-0.25, -0.2) is 0 Å². The van der Waals surface area contributed by atoms with Crippen molar-refractivity contribution in [3.8, 4) is 0 Å². The monoisotopic (exact) mass is 260 g/mol. The lowest BCUT2D eigenvalue weighted by Gasteiger charge is -2.09. The topological polar surface area (TPSA) is 114 Å². The van der Waals surface area contributed by atoms with Crippen LogP contribution in [0.1, 0.15) is 21.6 Å². The van der Waals surface area contributed by atoms with Crippen LogP contribution in [0.4, 0.5) is 5.69 Å². The Hall–Kier alpha value is -2.83. The third-order valence-corrected chi connectivity index (χ3v) is 2.56. The standard InChI is InChI=1S/C12H12N4O3/c1-7-2-3-8(11(13)15-18)6-10(7)14-12(17)9-4-5-19-16-9/h2-6,18H,1H3,(H2,13,15)(H,14,17). The first-order valence-corrected chi connectivity index (χ1v) is 5.42. The Morgan fingerprint density at radius 1 is 1.47 bits per heavy atom. The molecule has 0 saturated heterocycles. The van der Waals surface area contributed by atoms with Gasteiger partial charge < -0.3 is 20.8 Å². The second kappa shape index (κ2) is 5.21. The molecule has 1 amide bonds. The molecule has 7 heteroatoms. The van der Waals surface area contributed by atoms with Crippen LogP contribution < -0.4 is 11.1 Å². The Labute approximate surface area is 108 Å². The number of hydrogen-bond donors (Lipinski definition) is 3. The molecule has 1 aromatic heterocycles. The molecule has 0 aliphatic heterocycles. The summed E-state index contributed by atoms with van der Waals surface area (Å²) in [4.78, 5) is 11.8. The Morgan fingerprint density at radius 2 is 2.26 bits per heavy atom. The van der Waals surface area contributed by atoms with E-state index in [4.69, 9.17) is 10.9 Å². The maximum atomic E-state index is 11.8. The molecule has 7 nitrogen and oxygen atoms in total. The van der Waals surface area contributed by atoms with Crippen LogP contribution in [0.3, 0.4) is 0 Å². The number of carbonyl (C=O) groups excluding carboxylic acids is 1. The summed E-state index contributed by atoms with van der Waals surface area (Å²) in [5.41, 5.74) is 7.57. The van der Waals surface area contributed by atoms with Crippen molar-refractivity contribution in [2.75, 3.05) is 5.32 Å². The number of hydrogen-bond acceptors (Lipinski definition) is 5. The molecule has 2 rings (SSSR count). The molecule has 0 spiro atoms. The number of aryl methyl sites for hydroxylation is 1. The molecule has 0 aliphatic carbocycles. The molecule has 1 aromatic carbocycles. The van der Waals surface area contributed by atoms with E-state index in [1.165, 1.54) is 12.3 Å². The second-order valence-electron chi connectivity index (χ2n) is 3.85. The third-order valence-electron chi connectivity index (χ3n) is 2.56. The van der Waals surface area contributed by atoms with Crippen LogP contribution in [0.5, 0.6) is 0 Å². The number of rotatable bonds is 3. The van der Waals surface area contributed by atoms with Gasteiger partial charge in [-0.05, 0) is 18.6 Å². The van der Waals surface area contributed by atoms with Gasteiger partial charge in [-0.3, -0.25) is 4.79 Å². The summed E-state index contributed by atoms with van der Waals surface area (Å²) in [6.07, 6.45) is 1.31. The van der Waals surface area contributed by atoms with E-state index < -0.39 is 5.91 Å². The lowest BCUT2D eigenvalue weighted by molar-refractivity contribution is 0.101. The largest absolute Gasteiger partial charge is 0.409 e. The summed E-state index contributed by atoms with van der Waals surface area (Å²) < 4.78 is 4.60. The number of amides is 1. The fourth-order valence-corrected chi connectivity index (χ4v) is 1.49. The smallest absolute Gasteiger partial charge is 0.277 e. The summed E-state index contributed by atoms with van der Waals surface area (Å²) >= 11 is 0. The highest BCUT2D eigenvalue weighted by molar-refractivity contribution is 6.04. The van der Waals surface area contributed by atoms with E-state index in [0.717, 1.165) is 5.56 Å². The zero-order chi connectivity index (χ0) is 13.8. The van der Waals surface area contributed by atoms with E-state index in [1.807, 2.05) is 6.92 Å². The van der Waals surface area contributed by atoms with Gasteiger partial charge >= 0.3 is 0 Å². The number of nitrogens with zero attached hydrogens (tertiary/aromatic N) is 2. The van der Waals surface area contributed by atoms with E-state index >= 15 is 0 Å². The lowest BCUT2D eigenvalue weighted by atomic mass is 10.1. The quantitative estimate of drug-likeness (QED) is 0.333. The first-order chi connectivity index (χ1) is 9.11. The number of benzene rings is 1. The molecule has 2 aromatic rings. The third kappa shape index (κ3) is 2.71. The first kappa shape index (κ1) is 12.6. The summed E-state index contributed by atoms with van der Waals surface area (Å²) in [6, 6.07) is 6.52. The lowest BCUT2D eigenvalue weighted by Crippen LogP contribution is -2.16. The van der Waals surface area contributed by atoms with Crippen molar-refractivity contribution in [3.05, 3.63) is 47.3 Å². The minimum atomic E-state index is -0.395. The van der Waals surface area contributed by atoms with Crippen molar-refractivity contribution in [2.24, 2.45) is 10.9 Å². The number of aromatic nitrogens is 1. The minimum Gasteiger partial charge on any atom is -0.409 e. The average molecular weight is 260 g/mol. The highest BCUT2D eigenvalue weighted by Crippen LogP contribution is 2.17. The van der Waals surface area contributed by atoms with Crippen LogP contribution in [0.2, 0.25) is 0 Å². The molecule has 19 heavy (non-hydrogen) atoms. The van der Waals surface area contributed by atoms with Gasteiger partial charge in [0.2, 0.25) is 0 Å². The molecule has 0 saturated carbocycles. The van der Waals surface area contributed by atoms with Gasteiger partial charge in [-0.1, -0.05) is 22.4 Å². The molecule has 98 valence electrons. The van der Waals surface area contributed by atoms with Gasteiger partial charge in [0.1, 0.15) is 6.26 Å². The summed E-state index contributed by atoms with van der Waals surface area (Å²) in [7, 11) is 0. The molecule has 0 aliphatic rings. The van der Waals surface area contributed by atoms with Gasteiger partial charge in [0.05, 0.1) is 0 Å². The van der Waals surface area contributed by atoms with Crippen molar-refractivity contribution in [2.45, 2.75) is 6.92 Å². The minimum absolute atomic E-state index is 0.0306. The van der Waals surface area contributed by atoms with Gasteiger partial charge in [0.15, 0.2) is 11.5 Å². The molecular formula is C12H12N4O3. The van der Waals surface area contributed by atoms with Gasteiger partial charge in [0.25, 0.3) is 5.91 Å². The summed E-state index contributed by atoms with van der Waals surface area (Å²) in [5, 5.41) is 17.8. The van der Waals surface area contributed by atoms with Gasteiger partial charge in [-0.15, -0.1) is 0 Å². The molecule has 0 atom stereocenters. The van der Waals surface area contributed by atoms with Crippen molar-refractivity contribution < 1.29 is 14.5 Å². The summed E-state index contributed by atoms with van der Waals surface area (Å²) in [5.74, 6) is -0.426.